The Labute approximate surface area is 142 Å². The highest BCUT2D eigenvalue weighted by Crippen LogP contribution is 2.35. The van der Waals surface area contributed by atoms with Gasteiger partial charge in [0, 0.05) is 4.47 Å². The summed E-state index contributed by atoms with van der Waals surface area (Å²) in [6, 6.07) is 4.07. The molecule has 2 rings (SSSR count). The maximum Gasteiger partial charge on any atom is 0.257 e. The number of halogens is 5. The van der Waals surface area contributed by atoms with Gasteiger partial charge in [0.2, 0.25) is 0 Å². The van der Waals surface area contributed by atoms with Crippen LogP contribution in [0.4, 0.5) is 10.1 Å². The van der Waals surface area contributed by atoms with Crippen molar-refractivity contribution >= 4 is 82.3 Å². The zero-order chi connectivity index (χ0) is 14.2. The van der Waals surface area contributed by atoms with Crippen molar-refractivity contribution in [3.8, 4) is 0 Å². The molecule has 2 nitrogen and oxygen atoms in total. The maximum absolute atomic E-state index is 13.1. The van der Waals surface area contributed by atoms with Crippen LogP contribution in [0.3, 0.4) is 0 Å². The van der Waals surface area contributed by atoms with Crippen molar-refractivity contribution in [2.75, 3.05) is 5.32 Å². The fraction of sp³-hybridized carbons (Fsp3) is 0. The molecule has 0 saturated heterocycles. The van der Waals surface area contributed by atoms with Gasteiger partial charge in [0.05, 0.1) is 23.8 Å². The van der Waals surface area contributed by atoms with Crippen molar-refractivity contribution in [1.29, 1.82) is 0 Å². The summed E-state index contributed by atoms with van der Waals surface area (Å²) in [5.74, 6) is -0.808. The smallest absolute Gasteiger partial charge is 0.257 e. The summed E-state index contributed by atoms with van der Waals surface area (Å²) in [7, 11) is 0. The standard InChI is InChI=1S/C11H4Br3ClFNOS/c12-6-1-4(16)2-7(15)9(6)17-11(18)5-3-8(13)19-10(5)14/h1-3H,(H,17,18). The van der Waals surface area contributed by atoms with E-state index in [9.17, 15) is 9.18 Å². The van der Waals surface area contributed by atoms with Gasteiger partial charge >= 0.3 is 0 Å². The fourth-order valence-electron chi connectivity index (χ4n) is 1.34. The minimum absolute atomic E-state index is 0.130. The molecular weight excluding hydrogens is 488 g/mol. The average Bonchev–Trinajstić information content (AvgIpc) is 2.62. The van der Waals surface area contributed by atoms with Gasteiger partial charge in [-0.05, 0) is 66.0 Å². The summed E-state index contributed by atoms with van der Waals surface area (Å²) in [4.78, 5) is 12.1. The van der Waals surface area contributed by atoms with Crippen molar-refractivity contribution < 1.29 is 9.18 Å². The summed E-state index contributed by atoms with van der Waals surface area (Å²) >= 11 is 17.1. The molecule has 2 aromatic rings. The molecule has 100 valence electrons. The highest BCUT2D eigenvalue weighted by Gasteiger charge is 2.17. The summed E-state index contributed by atoms with van der Waals surface area (Å²) in [6.07, 6.45) is 0. The van der Waals surface area contributed by atoms with E-state index in [1.807, 2.05) is 0 Å². The van der Waals surface area contributed by atoms with Crippen molar-refractivity contribution in [3.63, 3.8) is 0 Å². The molecule has 0 saturated carbocycles. The largest absolute Gasteiger partial charge is 0.320 e. The Morgan fingerprint density at radius 3 is 2.47 bits per heavy atom. The molecule has 8 heteroatoms. The van der Waals surface area contributed by atoms with Crippen molar-refractivity contribution in [2.24, 2.45) is 0 Å². The Bertz CT molecular complexity index is 638. The highest BCUT2D eigenvalue weighted by molar-refractivity contribution is 9.12. The molecule has 0 aliphatic rings. The minimum Gasteiger partial charge on any atom is -0.320 e. The lowest BCUT2D eigenvalue weighted by atomic mass is 10.2. The first kappa shape index (κ1) is 15.4. The van der Waals surface area contributed by atoms with Gasteiger partial charge in [0.1, 0.15) is 5.82 Å². The van der Waals surface area contributed by atoms with E-state index < -0.39 is 5.82 Å². The van der Waals surface area contributed by atoms with Crippen LogP contribution in [0.1, 0.15) is 10.4 Å². The van der Waals surface area contributed by atoms with E-state index >= 15 is 0 Å². The monoisotopic (exact) mass is 489 g/mol. The van der Waals surface area contributed by atoms with E-state index in [1.54, 1.807) is 6.07 Å². The van der Waals surface area contributed by atoms with Crippen LogP contribution in [0.25, 0.3) is 0 Å². The number of anilines is 1. The van der Waals surface area contributed by atoms with Crippen molar-refractivity contribution in [3.05, 3.63) is 46.6 Å². The second kappa shape index (κ2) is 6.22. The number of benzene rings is 1. The maximum atomic E-state index is 13.1. The van der Waals surface area contributed by atoms with Crippen molar-refractivity contribution in [1.82, 2.24) is 0 Å². The van der Waals surface area contributed by atoms with E-state index in [2.05, 4.69) is 53.1 Å². The van der Waals surface area contributed by atoms with Crippen molar-refractivity contribution in [2.45, 2.75) is 0 Å². The summed E-state index contributed by atoms with van der Waals surface area (Å²) in [6.45, 7) is 0. The van der Waals surface area contributed by atoms with E-state index in [0.717, 1.165) is 9.85 Å². The zero-order valence-corrected chi connectivity index (χ0v) is 15.3. The van der Waals surface area contributed by atoms with Crippen LogP contribution < -0.4 is 5.32 Å². The molecular formula is C11H4Br3ClFNOS. The molecule has 0 atom stereocenters. The Balaban J connectivity index is 2.32. The number of rotatable bonds is 2. The Kier molecular flexibility index (Phi) is 5.05. The quantitative estimate of drug-likeness (QED) is 0.541. The molecule has 19 heavy (non-hydrogen) atoms. The molecule has 0 spiro atoms. The molecule has 1 heterocycles. The number of nitrogens with one attached hydrogen (secondary N) is 1. The molecule has 0 unspecified atom stereocenters. The number of hydrogen-bond acceptors (Lipinski definition) is 2. The third-order valence-corrected chi connectivity index (χ3v) is 5.41. The Hall–Kier alpha value is 0.0500. The first-order valence-corrected chi connectivity index (χ1v) is 8.36. The molecule has 0 aliphatic carbocycles. The molecule has 1 aromatic heterocycles. The topological polar surface area (TPSA) is 29.1 Å². The number of thiophene rings is 1. The van der Waals surface area contributed by atoms with E-state index in [0.29, 0.717) is 19.5 Å². The van der Waals surface area contributed by atoms with Crippen LogP contribution in [-0.2, 0) is 0 Å². The fourth-order valence-corrected chi connectivity index (χ4v) is 5.03. The van der Waals surface area contributed by atoms with Gasteiger partial charge in [0.25, 0.3) is 5.91 Å². The lowest BCUT2D eigenvalue weighted by Gasteiger charge is -2.09. The van der Waals surface area contributed by atoms with E-state index in [1.165, 1.54) is 17.4 Å². The molecule has 1 aromatic carbocycles. The normalized spacial score (nSPS) is 10.6. The van der Waals surface area contributed by atoms with Gasteiger partial charge in [-0.1, -0.05) is 11.6 Å². The molecule has 0 aliphatic heterocycles. The Morgan fingerprint density at radius 2 is 1.95 bits per heavy atom. The molecule has 0 bridgehead atoms. The minimum atomic E-state index is -0.477. The SMILES string of the molecule is O=C(Nc1c(Cl)cc(F)cc1Br)c1cc(Br)sc1Br. The third kappa shape index (κ3) is 3.58. The van der Waals surface area contributed by atoms with Gasteiger partial charge < -0.3 is 5.32 Å². The molecule has 0 radical (unpaired) electrons. The first-order valence-electron chi connectivity index (χ1n) is 4.79. The van der Waals surface area contributed by atoms with Crippen LogP contribution >= 0.6 is 70.7 Å². The Morgan fingerprint density at radius 1 is 1.26 bits per heavy atom. The average molecular weight is 492 g/mol. The van der Waals surface area contributed by atoms with Crippen LogP contribution in [0, 0.1) is 5.82 Å². The number of hydrogen-bond donors (Lipinski definition) is 1. The molecule has 1 amide bonds. The molecule has 1 N–H and O–H groups in total. The number of carbonyl (C=O) groups is 1. The van der Waals surface area contributed by atoms with E-state index in [-0.39, 0.29) is 10.9 Å². The van der Waals surface area contributed by atoms with Gasteiger partial charge in [-0.15, -0.1) is 11.3 Å². The predicted octanol–water partition coefficient (Wildman–Crippen LogP) is 6.08. The third-order valence-electron chi connectivity index (χ3n) is 2.15. The lowest BCUT2D eigenvalue weighted by molar-refractivity contribution is 0.102. The van der Waals surface area contributed by atoms with Crippen LogP contribution in [0.2, 0.25) is 5.02 Å². The lowest BCUT2D eigenvalue weighted by Crippen LogP contribution is -2.12. The zero-order valence-electron chi connectivity index (χ0n) is 8.94. The second-order valence-corrected chi connectivity index (χ2v) is 8.45. The predicted molar refractivity (Wildman–Crippen MR) is 86.8 cm³/mol. The van der Waals surface area contributed by atoms with Gasteiger partial charge in [-0.2, -0.15) is 0 Å². The molecule has 0 fully saturated rings. The second-order valence-electron chi connectivity index (χ2n) is 3.44. The van der Waals surface area contributed by atoms with Crippen LogP contribution in [-0.4, -0.2) is 5.91 Å². The summed E-state index contributed by atoms with van der Waals surface area (Å²) in [5, 5.41) is 2.78. The van der Waals surface area contributed by atoms with Gasteiger partial charge in [-0.3, -0.25) is 4.79 Å². The van der Waals surface area contributed by atoms with Crippen LogP contribution in [0.5, 0.6) is 0 Å². The van der Waals surface area contributed by atoms with E-state index in [4.69, 9.17) is 11.6 Å². The van der Waals surface area contributed by atoms with Gasteiger partial charge in [0.15, 0.2) is 0 Å². The highest BCUT2D eigenvalue weighted by atomic mass is 79.9. The number of carbonyl (C=O) groups excluding carboxylic acids is 1. The van der Waals surface area contributed by atoms with Gasteiger partial charge in [-0.25, -0.2) is 4.39 Å². The first-order chi connectivity index (χ1) is 8.88. The van der Waals surface area contributed by atoms with Crippen LogP contribution in [0.15, 0.2) is 30.2 Å². The summed E-state index contributed by atoms with van der Waals surface area (Å²) in [5.41, 5.74) is 0.812. The number of amides is 1. The summed E-state index contributed by atoms with van der Waals surface area (Å²) < 4.78 is 15.0.